The maximum Gasteiger partial charge on any atom is 0.326 e. The molecule has 0 spiro atoms. The Morgan fingerprint density at radius 2 is 2.10 bits per heavy atom. The summed E-state index contributed by atoms with van der Waals surface area (Å²) in [4.78, 5) is 23.7. The summed E-state index contributed by atoms with van der Waals surface area (Å²) in [5.41, 5.74) is 0.284. The minimum atomic E-state index is -1.03. The Morgan fingerprint density at radius 1 is 1.45 bits per heavy atom. The standard InChI is InChI=1S/C12H19N3O3S2/c1-12(2,3)9-8(20-15-14-9)10(16)13-7(11(17)18)5-6-19-4/h7H,5-6H2,1-4H3,(H,13,16)(H,17,18). The zero-order chi connectivity index (χ0) is 15.3. The molecule has 112 valence electrons. The number of carboxylic acids is 1. The van der Waals surface area contributed by atoms with Crippen molar-refractivity contribution in [3.05, 3.63) is 10.6 Å². The Kier molecular flexibility index (Phi) is 5.94. The van der Waals surface area contributed by atoms with Gasteiger partial charge in [0.2, 0.25) is 0 Å². The topological polar surface area (TPSA) is 92.2 Å². The molecular formula is C12H19N3O3S2. The second-order valence-electron chi connectivity index (χ2n) is 5.35. The summed E-state index contributed by atoms with van der Waals surface area (Å²) in [6, 6.07) is -0.884. The fraction of sp³-hybridized carbons (Fsp3) is 0.667. The van der Waals surface area contributed by atoms with Gasteiger partial charge in [-0.1, -0.05) is 25.3 Å². The first-order chi connectivity index (χ1) is 9.27. The summed E-state index contributed by atoms with van der Waals surface area (Å²) in [5.74, 6) is -0.773. The van der Waals surface area contributed by atoms with Crippen LogP contribution in [0.4, 0.5) is 0 Å². The van der Waals surface area contributed by atoms with Crippen LogP contribution >= 0.6 is 23.3 Å². The summed E-state index contributed by atoms with van der Waals surface area (Å²) in [6.45, 7) is 5.80. The largest absolute Gasteiger partial charge is 0.480 e. The van der Waals surface area contributed by atoms with Crippen molar-refractivity contribution in [2.75, 3.05) is 12.0 Å². The summed E-state index contributed by atoms with van der Waals surface area (Å²) < 4.78 is 3.80. The number of hydrogen-bond donors (Lipinski definition) is 2. The molecule has 1 atom stereocenters. The highest BCUT2D eigenvalue weighted by Crippen LogP contribution is 2.25. The lowest BCUT2D eigenvalue weighted by atomic mass is 9.91. The van der Waals surface area contributed by atoms with E-state index in [4.69, 9.17) is 5.11 Å². The Bertz CT molecular complexity index is 483. The molecule has 1 aromatic heterocycles. The normalized spacial score (nSPS) is 13.0. The number of nitrogens with zero attached hydrogens (tertiary/aromatic N) is 2. The first-order valence-electron chi connectivity index (χ1n) is 6.12. The monoisotopic (exact) mass is 317 g/mol. The molecule has 0 radical (unpaired) electrons. The number of nitrogens with one attached hydrogen (secondary N) is 1. The number of carboxylic acid groups (broad SMARTS) is 1. The van der Waals surface area contributed by atoms with Crippen LogP contribution in [0.3, 0.4) is 0 Å². The SMILES string of the molecule is CSCCC(NC(=O)c1snnc1C(C)(C)C)C(=O)O. The number of amides is 1. The minimum absolute atomic E-state index is 0.308. The lowest BCUT2D eigenvalue weighted by molar-refractivity contribution is -0.139. The van der Waals surface area contributed by atoms with Gasteiger partial charge < -0.3 is 10.4 Å². The number of aliphatic carboxylic acids is 1. The third-order valence-electron chi connectivity index (χ3n) is 2.62. The fourth-order valence-electron chi connectivity index (χ4n) is 1.55. The van der Waals surface area contributed by atoms with E-state index in [0.29, 0.717) is 22.7 Å². The molecule has 0 bridgehead atoms. The molecule has 2 N–H and O–H groups in total. The second kappa shape index (κ2) is 7.03. The molecule has 0 aromatic carbocycles. The lowest BCUT2D eigenvalue weighted by Crippen LogP contribution is -2.41. The number of aromatic nitrogens is 2. The molecule has 0 aliphatic heterocycles. The van der Waals surface area contributed by atoms with Gasteiger partial charge in [0.25, 0.3) is 5.91 Å². The predicted octanol–water partition coefficient (Wildman–Crippen LogP) is 1.77. The second-order valence-corrected chi connectivity index (χ2v) is 7.09. The van der Waals surface area contributed by atoms with Gasteiger partial charge in [-0.2, -0.15) is 11.8 Å². The number of carbonyl (C=O) groups excluding carboxylic acids is 1. The summed E-state index contributed by atoms with van der Waals surface area (Å²) in [6.07, 6.45) is 2.28. The highest BCUT2D eigenvalue weighted by molar-refractivity contribution is 7.98. The van der Waals surface area contributed by atoms with Gasteiger partial charge in [-0.05, 0) is 30.0 Å². The van der Waals surface area contributed by atoms with E-state index in [0.717, 1.165) is 11.5 Å². The molecular weight excluding hydrogens is 298 g/mol. The Hall–Kier alpha value is -1.15. The molecule has 0 aliphatic rings. The van der Waals surface area contributed by atoms with E-state index in [1.54, 1.807) is 11.8 Å². The molecule has 0 fully saturated rings. The van der Waals surface area contributed by atoms with E-state index in [1.807, 2.05) is 27.0 Å². The third-order valence-corrected chi connectivity index (χ3v) is 3.99. The van der Waals surface area contributed by atoms with Gasteiger partial charge in [-0.3, -0.25) is 4.79 Å². The van der Waals surface area contributed by atoms with Crippen molar-refractivity contribution in [3.8, 4) is 0 Å². The highest BCUT2D eigenvalue weighted by atomic mass is 32.2. The van der Waals surface area contributed by atoms with Crippen LogP contribution < -0.4 is 5.32 Å². The first-order valence-corrected chi connectivity index (χ1v) is 8.29. The molecule has 6 nitrogen and oxygen atoms in total. The van der Waals surface area contributed by atoms with Crippen LogP contribution in [0.2, 0.25) is 0 Å². The maximum atomic E-state index is 12.2. The van der Waals surface area contributed by atoms with Gasteiger partial charge >= 0.3 is 5.97 Å². The minimum Gasteiger partial charge on any atom is -0.480 e. The van der Waals surface area contributed by atoms with Crippen molar-refractivity contribution >= 4 is 35.2 Å². The van der Waals surface area contributed by atoms with E-state index in [9.17, 15) is 9.59 Å². The summed E-state index contributed by atoms with van der Waals surface area (Å²) >= 11 is 2.53. The van der Waals surface area contributed by atoms with Crippen LogP contribution in [-0.2, 0) is 10.2 Å². The molecule has 1 rings (SSSR count). The van der Waals surface area contributed by atoms with Crippen LogP contribution in [0, 0.1) is 0 Å². The molecule has 0 aliphatic carbocycles. The average molecular weight is 317 g/mol. The van der Waals surface area contributed by atoms with E-state index in [-0.39, 0.29) is 5.41 Å². The summed E-state index contributed by atoms with van der Waals surface area (Å²) in [7, 11) is 0. The molecule has 20 heavy (non-hydrogen) atoms. The van der Waals surface area contributed by atoms with E-state index in [1.165, 1.54) is 0 Å². The van der Waals surface area contributed by atoms with E-state index < -0.39 is 17.9 Å². The van der Waals surface area contributed by atoms with Gasteiger partial charge in [-0.15, -0.1) is 5.10 Å². The molecule has 0 saturated heterocycles. The van der Waals surface area contributed by atoms with Gasteiger partial charge in [0.1, 0.15) is 10.9 Å². The highest BCUT2D eigenvalue weighted by Gasteiger charge is 2.28. The number of thioether (sulfide) groups is 1. The van der Waals surface area contributed by atoms with Crippen molar-refractivity contribution in [2.24, 2.45) is 0 Å². The van der Waals surface area contributed by atoms with Crippen LogP contribution in [0.15, 0.2) is 0 Å². The van der Waals surface area contributed by atoms with Crippen molar-refractivity contribution in [2.45, 2.75) is 38.6 Å². The molecule has 1 amide bonds. The van der Waals surface area contributed by atoms with Gasteiger partial charge in [-0.25, -0.2) is 4.79 Å². The van der Waals surface area contributed by atoms with Crippen molar-refractivity contribution in [3.63, 3.8) is 0 Å². The number of rotatable bonds is 6. The molecule has 1 unspecified atom stereocenters. The van der Waals surface area contributed by atoms with E-state index in [2.05, 4.69) is 14.9 Å². The molecule has 1 aromatic rings. The zero-order valence-corrected chi connectivity index (χ0v) is 13.6. The van der Waals surface area contributed by atoms with Gasteiger partial charge in [0, 0.05) is 5.41 Å². The fourth-order valence-corrected chi connectivity index (χ4v) is 2.80. The number of carbonyl (C=O) groups is 2. The van der Waals surface area contributed by atoms with Crippen LogP contribution in [0.25, 0.3) is 0 Å². The van der Waals surface area contributed by atoms with Crippen molar-refractivity contribution in [1.29, 1.82) is 0 Å². The van der Waals surface area contributed by atoms with Gasteiger partial charge in [0.05, 0.1) is 5.69 Å². The Labute approximate surface area is 126 Å². The zero-order valence-electron chi connectivity index (χ0n) is 12.0. The van der Waals surface area contributed by atoms with Crippen LogP contribution in [-0.4, -0.2) is 44.6 Å². The maximum absolute atomic E-state index is 12.2. The first kappa shape index (κ1) is 16.9. The Balaban J connectivity index is 2.85. The number of hydrogen-bond acceptors (Lipinski definition) is 6. The van der Waals surface area contributed by atoms with Gasteiger partial charge in [0.15, 0.2) is 0 Å². The third kappa shape index (κ3) is 4.45. The predicted molar refractivity (Wildman–Crippen MR) is 80.5 cm³/mol. The quantitative estimate of drug-likeness (QED) is 0.831. The molecule has 1 heterocycles. The van der Waals surface area contributed by atoms with Crippen molar-refractivity contribution in [1.82, 2.24) is 14.9 Å². The smallest absolute Gasteiger partial charge is 0.326 e. The molecule has 0 saturated carbocycles. The molecule has 8 heteroatoms. The van der Waals surface area contributed by atoms with Crippen molar-refractivity contribution < 1.29 is 14.7 Å². The lowest BCUT2D eigenvalue weighted by Gasteiger charge is -2.18. The Morgan fingerprint density at radius 3 is 2.60 bits per heavy atom. The van der Waals surface area contributed by atoms with E-state index >= 15 is 0 Å². The van der Waals surface area contributed by atoms with Crippen LogP contribution in [0.5, 0.6) is 0 Å². The average Bonchev–Trinajstić information content (AvgIpc) is 2.82. The van der Waals surface area contributed by atoms with Crippen LogP contribution in [0.1, 0.15) is 42.6 Å². The summed E-state index contributed by atoms with van der Waals surface area (Å²) in [5, 5.41) is 15.6.